The number of likely N-dealkylation sites (tertiary alicyclic amines) is 1. The first-order valence-electron chi connectivity index (χ1n) is 7.67. The molecular formula is C18H19NO4. The van der Waals surface area contributed by atoms with Gasteiger partial charge in [-0.15, -0.1) is 0 Å². The van der Waals surface area contributed by atoms with Crippen molar-refractivity contribution in [3.05, 3.63) is 59.5 Å². The molecule has 2 aromatic rings. The molecule has 1 saturated heterocycles. The zero-order chi connectivity index (χ0) is 16.4. The SMILES string of the molecule is Cc1occc1C(=O)N1C[C@H](C(=O)O)C[C@@H](c2ccccc2)C1. The smallest absolute Gasteiger partial charge is 0.308 e. The number of furan rings is 1. The molecule has 1 aliphatic rings. The van der Waals surface area contributed by atoms with Gasteiger partial charge in [-0.2, -0.15) is 0 Å². The highest BCUT2D eigenvalue weighted by Gasteiger charge is 2.35. The number of aliphatic carboxylic acids is 1. The van der Waals surface area contributed by atoms with Crippen molar-refractivity contribution in [2.24, 2.45) is 5.92 Å². The van der Waals surface area contributed by atoms with E-state index in [0.717, 1.165) is 5.56 Å². The van der Waals surface area contributed by atoms with Crippen LogP contribution in [-0.2, 0) is 4.79 Å². The molecule has 0 aliphatic carbocycles. The standard InChI is InChI=1S/C18H19NO4/c1-12-16(7-8-23-12)17(20)19-10-14(9-15(11-19)18(21)22)13-5-3-2-4-6-13/h2-8,14-15H,9-11H2,1H3,(H,21,22)/t14-,15-/m1/s1. The molecule has 0 spiro atoms. The molecule has 2 atom stereocenters. The van der Waals surface area contributed by atoms with Crippen LogP contribution in [-0.4, -0.2) is 35.0 Å². The molecule has 5 heteroatoms. The van der Waals surface area contributed by atoms with E-state index < -0.39 is 11.9 Å². The summed E-state index contributed by atoms with van der Waals surface area (Å²) in [6.45, 7) is 2.50. The number of piperidine rings is 1. The molecule has 0 bridgehead atoms. The summed E-state index contributed by atoms with van der Waals surface area (Å²) in [5, 5.41) is 9.43. The molecule has 2 heterocycles. The lowest BCUT2D eigenvalue weighted by Crippen LogP contribution is -2.45. The minimum atomic E-state index is -0.854. The topological polar surface area (TPSA) is 70.8 Å². The monoisotopic (exact) mass is 313 g/mol. The first-order chi connectivity index (χ1) is 11.1. The zero-order valence-corrected chi connectivity index (χ0v) is 12.9. The van der Waals surface area contributed by atoms with E-state index in [1.165, 1.54) is 6.26 Å². The van der Waals surface area contributed by atoms with Crippen molar-refractivity contribution in [2.45, 2.75) is 19.3 Å². The highest BCUT2D eigenvalue weighted by Crippen LogP contribution is 2.31. The number of benzene rings is 1. The van der Waals surface area contributed by atoms with Crippen LogP contribution in [0.2, 0.25) is 0 Å². The highest BCUT2D eigenvalue weighted by atomic mass is 16.4. The second-order valence-corrected chi connectivity index (χ2v) is 5.98. The summed E-state index contributed by atoms with van der Waals surface area (Å²) in [5.41, 5.74) is 1.57. The van der Waals surface area contributed by atoms with Crippen LogP contribution in [0.1, 0.15) is 34.0 Å². The largest absolute Gasteiger partial charge is 0.481 e. The van der Waals surface area contributed by atoms with E-state index in [1.807, 2.05) is 30.3 Å². The molecule has 3 rings (SSSR count). The number of hydrogen-bond donors (Lipinski definition) is 1. The van der Waals surface area contributed by atoms with Crippen molar-refractivity contribution in [1.82, 2.24) is 4.90 Å². The summed E-state index contributed by atoms with van der Waals surface area (Å²) < 4.78 is 5.20. The molecule has 1 aromatic heterocycles. The molecule has 1 amide bonds. The number of hydrogen-bond acceptors (Lipinski definition) is 3. The number of amides is 1. The average Bonchev–Trinajstić information content (AvgIpc) is 3.00. The van der Waals surface area contributed by atoms with Gasteiger partial charge in [-0.25, -0.2) is 0 Å². The average molecular weight is 313 g/mol. The molecule has 0 radical (unpaired) electrons. The molecule has 1 fully saturated rings. The summed E-state index contributed by atoms with van der Waals surface area (Å²) in [6, 6.07) is 11.4. The number of carbonyl (C=O) groups is 2. The Bertz CT molecular complexity index is 707. The Balaban J connectivity index is 1.86. The first kappa shape index (κ1) is 15.3. The van der Waals surface area contributed by atoms with Crippen molar-refractivity contribution < 1.29 is 19.1 Å². The summed E-state index contributed by atoms with van der Waals surface area (Å²) in [4.78, 5) is 25.8. The van der Waals surface area contributed by atoms with Gasteiger partial charge in [-0.1, -0.05) is 30.3 Å². The van der Waals surface area contributed by atoms with E-state index in [0.29, 0.717) is 24.3 Å². The van der Waals surface area contributed by atoms with Crippen molar-refractivity contribution >= 4 is 11.9 Å². The molecule has 120 valence electrons. The van der Waals surface area contributed by atoms with E-state index in [1.54, 1.807) is 17.9 Å². The summed E-state index contributed by atoms with van der Waals surface area (Å²) in [5.74, 6) is -0.980. The molecule has 23 heavy (non-hydrogen) atoms. The summed E-state index contributed by atoms with van der Waals surface area (Å²) in [7, 11) is 0. The van der Waals surface area contributed by atoms with Crippen LogP contribution < -0.4 is 0 Å². The Hall–Kier alpha value is -2.56. The molecule has 1 N–H and O–H groups in total. The molecule has 1 aromatic carbocycles. The molecular weight excluding hydrogens is 294 g/mol. The van der Waals surface area contributed by atoms with Crippen LogP contribution in [0.3, 0.4) is 0 Å². The van der Waals surface area contributed by atoms with Crippen molar-refractivity contribution in [3.63, 3.8) is 0 Å². The summed E-state index contributed by atoms with van der Waals surface area (Å²) >= 11 is 0. The minimum absolute atomic E-state index is 0.0298. The van der Waals surface area contributed by atoms with E-state index in [2.05, 4.69) is 0 Å². The van der Waals surface area contributed by atoms with Crippen LogP contribution in [0.4, 0.5) is 0 Å². The van der Waals surface area contributed by atoms with Gasteiger partial charge in [-0.05, 0) is 25.0 Å². The van der Waals surface area contributed by atoms with Gasteiger partial charge in [0.15, 0.2) is 0 Å². The van der Waals surface area contributed by atoms with Gasteiger partial charge >= 0.3 is 5.97 Å². The number of aryl methyl sites for hydroxylation is 1. The van der Waals surface area contributed by atoms with E-state index in [-0.39, 0.29) is 18.4 Å². The van der Waals surface area contributed by atoms with Gasteiger partial charge in [0.1, 0.15) is 5.76 Å². The highest BCUT2D eigenvalue weighted by molar-refractivity contribution is 5.95. The maximum Gasteiger partial charge on any atom is 0.308 e. The van der Waals surface area contributed by atoms with E-state index >= 15 is 0 Å². The fourth-order valence-electron chi connectivity index (χ4n) is 3.19. The van der Waals surface area contributed by atoms with Gasteiger partial charge in [0.2, 0.25) is 0 Å². The fourth-order valence-corrected chi connectivity index (χ4v) is 3.19. The number of carbonyl (C=O) groups excluding carboxylic acids is 1. The lowest BCUT2D eigenvalue weighted by Gasteiger charge is -2.36. The van der Waals surface area contributed by atoms with Gasteiger partial charge in [-0.3, -0.25) is 9.59 Å². The zero-order valence-electron chi connectivity index (χ0n) is 12.9. The number of nitrogens with zero attached hydrogens (tertiary/aromatic N) is 1. The van der Waals surface area contributed by atoms with Gasteiger partial charge < -0.3 is 14.4 Å². The molecule has 5 nitrogen and oxygen atoms in total. The quantitative estimate of drug-likeness (QED) is 0.946. The van der Waals surface area contributed by atoms with Gasteiger partial charge in [0, 0.05) is 19.0 Å². The first-order valence-corrected chi connectivity index (χ1v) is 7.67. The lowest BCUT2D eigenvalue weighted by atomic mass is 9.84. The Morgan fingerprint density at radius 2 is 1.91 bits per heavy atom. The third-order valence-corrected chi connectivity index (χ3v) is 4.45. The number of carboxylic acid groups (broad SMARTS) is 1. The van der Waals surface area contributed by atoms with Crippen molar-refractivity contribution in [2.75, 3.05) is 13.1 Å². The van der Waals surface area contributed by atoms with Crippen molar-refractivity contribution in [1.29, 1.82) is 0 Å². The third-order valence-electron chi connectivity index (χ3n) is 4.45. The number of rotatable bonds is 3. The number of carboxylic acids is 1. The van der Waals surface area contributed by atoms with Crippen LogP contribution in [0.5, 0.6) is 0 Å². The van der Waals surface area contributed by atoms with Crippen LogP contribution >= 0.6 is 0 Å². The van der Waals surface area contributed by atoms with Gasteiger partial charge in [0.05, 0.1) is 17.7 Å². The van der Waals surface area contributed by atoms with E-state index in [4.69, 9.17) is 4.42 Å². The molecule has 0 saturated carbocycles. The van der Waals surface area contributed by atoms with Crippen molar-refractivity contribution in [3.8, 4) is 0 Å². The Kier molecular flexibility index (Phi) is 4.19. The Morgan fingerprint density at radius 3 is 2.52 bits per heavy atom. The third kappa shape index (κ3) is 3.13. The normalized spacial score (nSPS) is 21.2. The van der Waals surface area contributed by atoms with Gasteiger partial charge in [0.25, 0.3) is 5.91 Å². The van der Waals surface area contributed by atoms with Crippen LogP contribution in [0.25, 0.3) is 0 Å². The van der Waals surface area contributed by atoms with Crippen LogP contribution in [0.15, 0.2) is 47.1 Å². The lowest BCUT2D eigenvalue weighted by molar-refractivity contribution is -0.143. The maximum absolute atomic E-state index is 12.7. The second-order valence-electron chi connectivity index (χ2n) is 5.98. The fraction of sp³-hybridized carbons (Fsp3) is 0.333. The maximum atomic E-state index is 12.7. The molecule has 1 aliphatic heterocycles. The van der Waals surface area contributed by atoms with Crippen LogP contribution in [0, 0.1) is 12.8 Å². The summed E-state index contributed by atoms with van der Waals surface area (Å²) in [6.07, 6.45) is 2.03. The second kappa shape index (κ2) is 6.28. The Morgan fingerprint density at radius 1 is 1.17 bits per heavy atom. The predicted octanol–water partition coefficient (Wildman–Crippen LogP) is 2.92. The molecule has 0 unspecified atom stereocenters. The minimum Gasteiger partial charge on any atom is -0.481 e. The van der Waals surface area contributed by atoms with E-state index in [9.17, 15) is 14.7 Å². The predicted molar refractivity (Wildman–Crippen MR) is 84.3 cm³/mol. The Labute approximate surface area is 134 Å².